The number of nitrogens with two attached hydrogens (primary N) is 1. The molecule has 3 aromatic rings. The molecule has 0 radical (unpaired) electrons. The normalized spacial score (nSPS) is 22.0. The molecule has 2 aliphatic rings. The Labute approximate surface area is 183 Å². The van der Waals surface area contributed by atoms with Crippen molar-refractivity contribution in [2.75, 3.05) is 32.0 Å². The van der Waals surface area contributed by atoms with Crippen LogP contribution in [0.2, 0.25) is 0 Å². The zero-order valence-corrected chi connectivity index (χ0v) is 18.0. The minimum atomic E-state index is 0.130. The van der Waals surface area contributed by atoms with Gasteiger partial charge in [-0.05, 0) is 61.3 Å². The zero-order chi connectivity index (χ0) is 21.2. The lowest BCUT2D eigenvalue weighted by atomic mass is 9.78. The summed E-state index contributed by atoms with van der Waals surface area (Å²) in [7, 11) is 0. The SMILES string of the molecule is Nc1ccc(C2CCC(Cn3cc(C(=O)N4CCOCC4)c4ccccc43)CC2)cc1. The van der Waals surface area contributed by atoms with E-state index < -0.39 is 0 Å². The van der Waals surface area contributed by atoms with Gasteiger partial charge in [0, 0.05) is 42.4 Å². The average molecular weight is 418 g/mol. The van der Waals surface area contributed by atoms with E-state index in [9.17, 15) is 4.79 Å². The first-order valence-electron chi connectivity index (χ1n) is 11.5. The number of nitrogens with zero attached hydrogens (tertiary/aromatic N) is 2. The molecule has 5 heteroatoms. The van der Waals surface area contributed by atoms with Crippen molar-refractivity contribution < 1.29 is 9.53 Å². The molecule has 0 spiro atoms. The monoisotopic (exact) mass is 417 g/mol. The van der Waals surface area contributed by atoms with E-state index in [0.717, 1.165) is 23.2 Å². The van der Waals surface area contributed by atoms with Crippen molar-refractivity contribution in [3.05, 3.63) is 65.9 Å². The lowest BCUT2D eigenvalue weighted by molar-refractivity contribution is 0.0304. The molecule has 0 bridgehead atoms. The van der Waals surface area contributed by atoms with Gasteiger partial charge >= 0.3 is 0 Å². The molecule has 5 nitrogen and oxygen atoms in total. The van der Waals surface area contributed by atoms with Gasteiger partial charge < -0.3 is 19.9 Å². The predicted molar refractivity (Wildman–Crippen MR) is 124 cm³/mol. The van der Waals surface area contributed by atoms with Crippen LogP contribution in [-0.2, 0) is 11.3 Å². The molecule has 2 N–H and O–H groups in total. The molecule has 162 valence electrons. The van der Waals surface area contributed by atoms with Gasteiger partial charge in [-0.2, -0.15) is 0 Å². The van der Waals surface area contributed by atoms with Gasteiger partial charge in [0.15, 0.2) is 0 Å². The number of hydrogen-bond acceptors (Lipinski definition) is 3. The second-order valence-electron chi connectivity index (χ2n) is 9.00. The fourth-order valence-electron chi connectivity index (χ4n) is 5.23. The number of amides is 1. The summed E-state index contributed by atoms with van der Waals surface area (Å²) in [5.74, 6) is 1.41. The van der Waals surface area contributed by atoms with Crippen LogP contribution in [0, 0.1) is 5.92 Å². The maximum absolute atomic E-state index is 13.2. The molecule has 1 saturated carbocycles. The lowest BCUT2D eigenvalue weighted by Crippen LogP contribution is -2.40. The smallest absolute Gasteiger partial charge is 0.256 e. The lowest BCUT2D eigenvalue weighted by Gasteiger charge is -2.29. The van der Waals surface area contributed by atoms with E-state index in [1.54, 1.807) is 0 Å². The minimum Gasteiger partial charge on any atom is -0.399 e. The Morgan fingerprint density at radius 1 is 0.968 bits per heavy atom. The molecule has 1 aliphatic carbocycles. The van der Waals surface area contributed by atoms with E-state index in [-0.39, 0.29) is 5.91 Å². The summed E-state index contributed by atoms with van der Waals surface area (Å²) in [6.45, 7) is 3.58. The molecule has 1 amide bonds. The molecular formula is C26H31N3O2. The van der Waals surface area contributed by atoms with Gasteiger partial charge in [-0.1, -0.05) is 30.3 Å². The Morgan fingerprint density at radius 3 is 2.42 bits per heavy atom. The molecule has 1 aromatic heterocycles. The van der Waals surface area contributed by atoms with Gasteiger partial charge in [0.05, 0.1) is 18.8 Å². The fourth-order valence-corrected chi connectivity index (χ4v) is 5.23. The predicted octanol–water partition coefficient (Wildman–Crippen LogP) is 4.67. The van der Waals surface area contributed by atoms with Gasteiger partial charge in [-0.3, -0.25) is 4.79 Å². The van der Waals surface area contributed by atoms with E-state index in [2.05, 4.69) is 41.1 Å². The highest BCUT2D eigenvalue weighted by atomic mass is 16.5. The van der Waals surface area contributed by atoms with Crippen molar-refractivity contribution in [3.8, 4) is 0 Å². The number of morpholine rings is 1. The summed E-state index contributed by atoms with van der Waals surface area (Å²) in [4.78, 5) is 15.1. The number of carbonyl (C=O) groups excluding carboxylic acids is 1. The first-order chi connectivity index (χ1) is 15.2. The number of carbonyl (C=O) groups is 1. The Balaban J connectivity index is 1.31. The number of rotatable bonds is 4. The zero-order valence-electron chi connectivity index (χ0n) is 18.0. The average Bonchev–Trinajstić information content (AvgIpc) is 3.19. The molecule has 1 aliphatic heterocycles. The summed E-state index contributed by atoms with van der Waals surface area (Å²) in [5, 5.41) is 1.06. The summed E-state index contributed by atoms with van der Waals surface area (Å²) in [6, 6.07) is 16.7. The third-order valence-corrected chi connectivity index (χ3v) is 7.03. The van der Waals surface area contributed by atoms with Crippen LogP contribution in [0.25, 0.3) is 10.9 Å². The maximum Gasteiger partial charge on any atom is 0.256 e. The van der Waals surface area contributed by atoms with Gasteiger partial charge in [0.25, 0.3) is 5.91 Å². The molecule has 0 atom stereocenters. The molecular weight excluding hydrogens is 386 g/mol. The first kappa shape index (κ1) is 20.1. The number of ether oxygens (including phenoxy) is 1. The summed E-state index contributed by atoms with van der Waals surface area (Å²) in [5.41, 5.74) is 10.1. The van der Waals surface area contributed by atoms with Crippen LogP contribution in [-0.4, -0.2) is 41.7 Å². The van der Waals surface area contributed by atoms with Crippen LogP contribution >= 0.6 is 0 Å². The number of para-hydroxylation sites is 1. The third-order valence-electron chi connectivity index (χ3n) is 7.03. The van der Waals surface area contributed by atoms with Crippen LogP contribution in [0.3, 0.4) is 0 Å². The summed E-state index contributed by atoms with van der Waals surface area (Å²) >= 11 is 0. The van der Waals surface area contributed by atoms with Crippen LogP contribution in [0.5, 0.6) is 0 Å². The molecule has 31 heavy (non-hydrogen) atoms. The Morgan fingerprint density at radius 2 is 1.68 bits per heavy atom. The van der Waals surface area contributed by atoms with Crippen molar-refractivity contribution >= 4 is 22.5 Å². The molecule has 1 saturated heterocycles. The molecule has 5 rings (SSSR count). The number of nitrogen functional groups attached to an aromatic ring is 1. The number of benzene rings is 2. The standard InChI is InChI=1S/C26H31N3O2/c27-22-11-9-21(10-12-22)20-7-5-19(6-8-20)17-29-18-24(23-3-1-2-4-25(23)29)26(30)28-13-15-31-16-14-28/h1-4,9-12,18-20H,5-8,13-17,27H2. The van der Waals surface area contributed by atoms with E-state index in [1.165, 1.54) is 36.8 Å². The highest BCUT2D eigenvalue weighted by Gasteiger charge is 2.26. The maximum atomic E-state index is 13.2. The molecule has 2 aromatic carbocycles. The van der Waals surface area contributed by atoms with Gasteiger partial charge in [-0.25, -0.2) is 0 Å². The van der Waals surface area contributed by atoms with Crippen molar-refractivity contribution in [3.63, 3.8) is 0 Å². The topological polar surface area (TPSA) is 60.5 Å². The highest BCUT2D eigenvalue weighted by Crippen LogP contribution is 2.37. The van der Waals surface area contributed by atoms with Crippen molar-refractivity contribution in [1.82, 2.24) is 9.47 Å². The highest BCUT2D eigenvalue weighted by molar-refractivity contribution is 6.07. The van der Waals surface area contributed by atoms with Gasteiger partial charge in [-0.15, -0.1) is 0 Å². The Hall–Kier alpha value is -2.79. The second-order valence-corrected chi connectivity index (χ2v) is 9.00. The summed E-state index contributed by atoms with van der Waals surface area (Å²) < 4.78 is 7.74. The van der Waals surface area contributed by atoms with E-state index >= 15 is 0 Å². The Kier molecular flexibility index (Phi) is 5.68. The van der Waals surface area contributed by atoms with Crippen LogP contribution in [0.15, 0.2) is 54.7 Å². The van der Waals surface area contributed by atoms with E-state index in [0.29, 0.717) is 38.1 Å². The van der Waals surface area contributed by atoms with Crippen molar-refractivity contribution in [2.24, 2.45) is 5.92 Å². The third kappa shape index (κ3) is 4.19. The summed E-state index contributed by atoms with van der Waals surface area (Å²) in [6.07, 6.45) is 6.96. The molecule has 2 fully saturated rings. The Bertz CT molecular complexity index is 1040. The quantitative estimate of drug-likeness (QED) is 0.628. The van der Waals surface area contributed by atoms with Crippen molar-refractivity contribution in [1.29, 1.82) is 0 Å². The largest absolute Gasteiger partial charge is 0.399 e. The van der Waals surface area contributed by atoms with Crippen LogP contribution < -0.4 is 5.73 Å². The number of anilines is 1. The van der Waals surface area contributed by atoms with Crippen molar-refractivity contribution in [2.45, 2.75) is 38.1 Å². The second kappa shape index (κ2) is 8.75. The van der Waals surface area contributed by atoms with Gasteiger partial charge in [0.1, 0.15) is 0 Å². The number of aromatic nitrogens is 1. The number of fused-ring (bicyclic) bond motifs is 1. The van der Waals surface area contributed by atoms with Crippen LogP contribution in [0.4, 0.5) is 5.69 Å². The minimum absolute atomic E-state index is 0.130. The fraction of sp³-hybridized carbons (Fsp3) is 0.423. The van der Waals surface area contributed by atoms with E-state index in [1.807, 2.05) is 23.1 Å². The number of hydrogen-bond donors (Lipinski definition) is 1. The van der Waals surface area contributed by atoms with E-state index in [4.69, 9.17) is 10.5 Å². The molecule has 2 heterocycles. The van der Waals surface area contributed by atoms with Gasteiger partial charge in [0.2, 0.25) is 0 Å². The molecule has 0 unspecified atom stereocenters. The first-order valence-corrected chi connectivity index (χ1v) is 11.5. The van der Waals surface area contributed by atoms with Crippen LogP contribution in [0.1, 0.15) is 47.5 Å².